The van der Waals surface area contributed by atoms with Gasteiger partial charge in [0.1, 0.15) is 0 Å². The third-order valence-electron chi connectivity index (χ3n) is 4.77. The molecule has 0 aliphatic carbocycles. The summed E-state index contributed by atoms with van der Waals surface area (Å²) in [6.45, 7) is -0.457. The number of alkyl halides is 3. The zero-order valence-corrected chi connectivity index (χ0v) is 14.7. The summed E-state index contributed by atoms with van der Waals surface area (Å²) in [5, 5.41) is 3.55. The summed E-state index contributed by atoms with van der Waals surface area (Å²) in [6.07, 6.45) is -3.25. The topological polar surface area (TPSA) is 79.5 Å². The molecule has 0 saturated carbocycles. The zero-order chi connectivity index (χ0) is 19.9. The molecule has 0 amide bonds. The van der Waals surface area contributed by atoms with Crippen LogP contribution in [0.3, 0.4) is 0 Å². The first kappa shape index (κ1) is 18.3. The first-order chi connectivity index (χ1) is 13.3. The summed E-state index contributed by atoms with van der Waals surface area (Å²) in [5.41, 5.74) is -1.39. The highest BCUT2D eigenvalue weighted by molar-refractivity contribution is 5.91. The van der Waals surface area contributed by atoms with Crippen LogP contribution in [0.4, 0.5) is 18.9 Å². The second-order valence-electron chi connectivity index (χ2n) is 6.48. The Hall–Kier alpha value is -3.07. The van der Waals surface area contributed by atoms with Crippen molar-refractivity contribution in [1.82, 2.24) is 9.97 Å². The molecule has 3 heterocycles. The van der Waals surface area contributed by atoms with Crippen LogP contribution in [0, 0.1) is 0 Å². The Bertz CT molecular complexity index is 1060. The summed E-state index contributed by atoms with van der Waals surface area (Å²) in [7, 11) is 1.43. The van der Waals surface area contributed by atoms with Gasteiger partial charge in [0.2, 0.25) is 17.0 Å². The Morgan fingerprint density at radius 1 is 1.25 bits per heavy atom. The molecule has 0 bridgehead atoms. The number of methoxy groups -OCH3 is 1. The molecule has 2 atom stereocenters. The standard InChI is InChI=1S/C19H16F3N3O3/c1-27-16-8-5-11(9-23-16)17(18(10-28-18)19(20,21)22)25-14-4-2-3-13-12(14)6-7-15(26)24-13/h2-9,17,25H,10H2,1H3,(H,24,26). The van der Waals surface area contributed by atoms with Gasteiger partial charge in [-0.2, -0.15) is 13.2 Å². The van der Waals surface area contributed by atoms with E-state index >= 15 is 0 Å². The van der Waals surface area contributed by atoms with Gasteiger partial charge in [-0.3, -0.25) is 4.79 Å². The van der Waals surface area contributed by atoms with E-state index in [0.29, 0.717) is 28.0 Å². The van der Waals surface area contributed by atoms with E-state index in [-0.39, 0.29) is 5.56 Å². The van der Waals surface area contributed by atoms with Crippen molar-refractivity contribution in [2.75, 3.05) is 19.0 Å². The van der Waals surface area contributed by atoms with E-state index in [9.17, 15) is 18.0 Å². The molecule has 9 heteroatoms. The molecule has 28 heavy (non-hydrogen) atoms. The van der Waals surface area contributed by atoms with E-state index in [2.05, 4.69) is 15.3 Å². The molecular weight excluding hydrogens is 375 g/mol. The maximum Gasteiger partial charge on any atom is 0.422 e. The number of anilines is 1. The van der Waals surface area contributed by atoms with Crippen molar-refractivity contribution in [2.24, 2.45) is 0 Å². The van der Waals surface area contributed by atoms with Gasteiger partial charge >= 0.3 is 6.18 Å². The third-order valence-corrected chi connectivity index (χ3v) is 4.77. The zero-order valence-electron chi connectivity index (χ0n) is 14.7. The molecule has 1 saturated heterocycles. The van der Waals surface area contributed by atoms with Crippen molar-refractivity contribution in [3.8, 4) is 5.88 Å². The number of benzene rings is 1. The van der Waals surface area contributed by atoms with Crippen LogP contribution in [0.5, 0.6) is 5.88 Å². The number of rotatable bonds is 5. The first-order valence-electron chi connectivity index (χ1n) is 8.43. The largest absolute Gasteiger partial charge is 0.481 e. The van der Waals surface area contributed by atoms with Crippen LogP contribution >= 0.6 is 0 Å². The number of fused-ring (bicyclic) bond motifs is 1. The van der Waals surface area contributed by atoms with Gasteiger partial charge in [0, 0.05) is 29.4 Å². The van der Waals surface area contributed by atoms with Crippen molar-refractivity contribution >= 4 is 16.6 Å². The van der Waals surface area contributed by atoms with Crippen LogP contribution < -0.4 is 15.6 Å². The number of nitrogens with one attached hydrogen (secondary N) is 2. The van der Waals surface area contributed by atoms with Gasteiger partial charge in [-0.05, 0) is 29.8 Å². The van der Waals surface area contributed by atoms with Crippen LogP contribution in [0.15, 0.2) is 53.5 Å². The fraction of sp³-hybridized carbons (Fsp3) is 0.263. The lowest BCUT2D eigenvalue weighted by Gasteiger charge is -2.28. The summed E-state index contributed by atoms with van der Waals surface area (Å²) in [5.74, 6) is 0.294. The second-order valence-corrected chi connectivity index (χ2v) is 6.48. The minimum atomic E-state index is -4.58. The molecule has 1 aliphatic rings. The fourth-order valence-electron chi connectivity index (χ4n) is 3.19. The Morgan fingerprint density at radius 3 is 2.64 bits per heavy atom. The first-order valence-corrected chi connectivity index (χ1v) is 8.43. The molecular formula is C19H16F3N3O3. The van der Waals surface area contributed by atoms with E-state index in [1.54, 1.807) is 24.3 Å². The number of H-pyrrole nitrogens is 1. The quantitative estimate of drug-likeness (QED) is 0.652. The number of aromatic amines is 1. The van der Waals surface area contributed by atoms with Crippen molar-refractivity contribution in [2.45, 2.75) is 17.8 Å². The van der Waals surface area contributed by atoms with Gasteiger partial charge in [-0.25, -0.2) is 4.98 Å². The molecule has 3 aromatic rings. The summed E-state index contributed by atoms with van der Waals surface area (Å²) >= 11 is 0. The molecule has 6 nitrogen and oxygen atoms in total. The fourth-order valence-corrected chi connectivity index (χ4v) is 3.19. The van der Waals surface area contributed by atoms with Crippen molar-refractivity contribution < 1.29 is 22.6 Å². The minimum Gasteiger partial charge on any atom is -0.481 e. The van der Waals surface area contributed by atoms with Crippen molar-refractivity contribution in [3.05, 3.63) is 64.6 Å². The number of hydrogen-bond acceptors (Lipinski definition) is 5. The van der Waals surface area contributed by atoms with E-state index in [1.807, 2.05) is 0 Å². The molecule has 1 aliphatic heterocycles. The van der Waals surface area contributed by atoms with E-state index < -0.39 is 24.4 Å². The number of ether oxygens (including phenoxy) is 2. The van der Waals surface area contributed by atoms with Crippen LogP contribution in [-0.4, -0.2) is 35.5 Å². The van der Waals surface area contributed by atoms with Gasteiger partial charge < -0.3 is 19.8 Å². The Morgan fingerprint density at radius 2 is 2.04 bits per heavy atom. The van der Waals surface area contributed by atoms with Crippen molar-refractivity contribution in [3.63, 3.8) is 0 Å². The molecule has 1 aromatic carbocycles. The second kappa shape index (κ2) is 6.52. The van der Waals surface area contributed by atoms with Gasteiger partial charge in [-0.15, -0.1) is 0 Å². The molecule has 2 aromatic heterocycles. The van der Waals surface area contributed by atoms with Gasteiger partial charge in [-0.1, -0.05) is 6.07 Å². The monoisotopic (exact) mass is 391 g/mol. The number of halogens is 3. The van der Waals surface area contributed by atoms with Crippen molar-refractivity contribution in [1.29, 1.82) is 0 Å². The maximum absolute atomic E-state index is 13.8. The molecule has 1 fully saturated rings. The smallest absolute Gasteiger partial charge is 0.422 e. The summed E-state index contributed by atoms with van der Waals surface area (Å²) in [4.78, 5) is 18.2. The summed E-state index contributed by atoms with van der Waals surface area (Å²) < 4.78 is 51.3. The lowest BCUT2D eigenvalue weighted by atomic mass is 9.93. The molecule has 0 spiro atoms. The van der Waals surface area contributed by atoms with E-state index in [1.165, 1.54) is 31.5 Å². The van der Waals surface area contributed by atoms with Gasteiger partial charge in [0.25, 0.3) is 0 Å². The number of pyridine rings is 2. The molecule has 0 radical (unpaired) electrons. The molecule has 2 N–H and O–H groups in total. The average molecular weight is 391 g/mol. The third kappa shape index (κ3) is 3.07. The highest BCUT2D eigenvalue weighted by Gasteiger charge is 2.70. The number of aromatic nitrogens is 2. The Kier molecular flexibility index (Phi) is 4.26. The predicted octanol–water partition coefficient (Wildman–Crippen LogP) is 3.42. The van der Waals surface area contributed by atoms with Crippen LogP contribution in [0.2, 0.25) is 0 Å². The highest BCUT2D eigenvalue weighted by Crippen LogP contribution is 2.53. The van der Waals surface area contributed by atoms with Crippen LogP contribution in [0.25, 0.3) is 10.9 Å². The Balaban J connectivity index is 1.80. The molecule has 2 unspecified atom stereocenters. The molecule has 146 valence electrons. The normalized spacial score (nSPS) is 20.0. The number of epoxide rings is 1. The minimum absolute atomic E-state index is 0.294. The number of nitrogens with zero attached hydrogens (tertiary/aromatic N) is 1. The van der Waals surface area contributed by atoms with E-state index in [0.717, 1.165) is 0 Å². The average Bonchev–Trinajstić information content (AvgIpc) is 3.48. The van der Waals surface area contributed by atoms with E-state index in [4.69, 9.17) is 9.47 Å². The van der Waals surface area contributed by atoms with Gasteiger partial charge in [0.15, 0.2) is 0 Å². The lowest BCUT2D eigenvalue weighted by Crippen LogP contribution is -2.42. The maximum atomic E-state index is 13.8. The van der Waals surface area contributed by atoms with Gasteiger partial charge in [0.05, 0.1) is 25.3 Å². The van der Waals surface area contributed by atoms with Crippen LogP contribution in [0.1, 0.15) is 11.6 Å². The highest BCUT2D eigenvalue weighted by atomic mass is 19.4. The SMILES string of the molecule is COc1ccc(C(Nc2cccc3[nH]c(=O)ccc23)C2(C(F)(F)F)CO2)cn1. The van der Waals surface area contributed by atoms with Crippen LogP contribution in [-0.2, 0) is 4.74 Å². The number of hydrogen-bond donors (Lipinski definition) is 2. The summed E-state index contributed by atoms with van der Waals surface area (Å²) in [6, 6.07) is 9.65. The predicted molar refractivity (Wildman–Crippen MR) is 96.5 cm³/mol. The Labute approximate surface area is 157 Å². The lowest BCUT2D eigenvalue weighted by molar-refractivity contribution is -0.188. The molecule has 4 rings (SSSR count).